The molecule has 0 aromatic heterocycles. The van der Waals surface area contributed by atoms with Crippen molar-refractivity contribution in [1.82, 2.24) is 10.6 Å². The van der Waals surface area contributed by atoms with Crippen LogP contribution in [0.5, 0.6) is 0 Å². The molecule has 2 heteroatoms. The Morgan fingerprint density at radius 2 is 1.24 bits per heavy atom. The van der Waals surface area contributed by atoms with Crippen LogP contribution >= 0.6 is 0 Å². The van der Waals surface area contributed by atoms with Crippen LogP contribution in [0.4, 0.5) is 0 Å². The Morgan fingerprint density at radius 1 is 0.828 bits per heavy atom. The van der Waals surface area contributed by atoms with Gasteiger partial charge < -0.3 is 10.6 Å². The maximum absolute atomic E-state index is 4.38. The Hall–Kier alpha value is -3.26. The molecule has 2 N–H and O–H groups in total. The summed E-state index contributed by atoms with van der Waals surface area (Å²) in [7, 11) is 3.87. The molecule has 3 rings (SSSR count). The van der Waals surface area contributed by atoms with E-state index in [0.29, 0.717) is 0 Å². The Bertz CT molecular complexity index is 975. The highest BCUT2D eigenvalue weighted by atomic mass is 14.8. The third kappa shape index (κ3) is 3.25. The molecule has 0 saturated carbocycles. The van der Waals surface area contributed by atoms with E-state index in [-0.39, 0.29) is 5.41 Å². The van der Waals surface area contributed by atoms with Gasteiger partial charge in [-0.3, -0.25) is 0 Å². The summed E-state index contributed by atoms with van der Waals surface area (Å²) in [4.78, 5) is 0. The lowest BCUT2D eigenvalue weighted by Gasteiger charge is -2.29. The van der Waals surface area contributed by atoms with E-state index in [1.54, 1.807) is 0 Å². The van der Waals surface area contributed by atoms with Crippen molar-refractivity contribution in [2.24, 2.45) is 0 Å². The molecule has 0 heterocycles. The summed E-state index contributed by atoms with van der Waals surface area (Å²) in [5, 5.41) is 6.55. The first-order valence-electron chi connectivity index (χ1n) is 9.89. The fourth-order valence-corrected chi connectivity index (χ4v) is 4.21. The normalized spacial score (nSPS) is 17.9. The largest absolute Gasteiger partial charge is 0.388 e. The minimum absolute atomic E-state index is 0.253. The maximum Gasteiger partial charge on any atom is 0.0411 e. The fraction of sp³-hybridized carbons (Fsp3) is 0.185. The average molecular weight is 383 g/mol. The van der Waals surface area contributed by atoms with Crippen molar-refractivity contribution in [3.63, 3.8) is 0 Å². The molecule has 1 aliphatic carbocycles. The molecule has 148 valence electrons. The maximum atomic E-state index is 4.38. The molecule has 1 aliphatic rings. The van der Waals surface area contributed by atoms with Crippen molar-refractivity contribution < 1.29 is 0 Å². The van der Waals surface area contributed by atoms with Crippen molar-refractivity contribution in [3.05, 3.63) is 108 Å². The van der Waals surface area contributed by atoms with E-state index in [1.165, 1.54) is 22.3 Å². The van der Waals surface area contributed by atoms with Crippen LogP contribution in [-0.4, -0.2) is 14.1 Å². The fourth-order valence-electron chi connectivity index (χ4n) is 4.21. The molecule has 0 atom stereocenters. The number of fused-ring (bicyclic) bond motifs is 3. The summed E-state index contributed by atoms with van der Waals surface area (Å²) < 4.78 is 0. The van der Waals surface area contributed by atoms with E-state index in [1.807, 2.05) is 38.4 Å². The smallest absolute Gasteiger partial charge is 0.0411 e. The molecule has 0 bridgehead atoms. The third-order valence-corrected chi connectivity index (χ3v) is 5.99. The van der Waals surface area contributed by atoms with Crippen molar-refractivity contribution >= 4 is 11.4 Å². The van der Waals surface area contributed by atoms with Gasteiger partial charge in [-0.15, -0.1) is 0 Å². The lowest BCUT2D eigenvalue weighted by Crippen LogP contribution is -2.22. The summed E-state index contributed by atoms with van der Waals surface area (Å²) in [5.74, 6) is 0. The minimum atomic E-state index is -0.253. The summed E-state index contributed by atoms with van der Waals surface area (Å²) >= 11 is 0. The Labute approximate surface area is 175 Å². The van der Waals surface area contributed by atoms with Crippen LogP contribution in [0.25, 0.3) is 22.5 Å². The highest BCUT2D eigenvalue weighted by molar-refractivity contribution is 5.86. The van der Waals surface area contributed by atoms with Crippen LogP contribution in [0.3, 0.4) is 0 Å². The molecule has 0 radical (unpaired) electrons. The van der Waals surface area contributed by atoms with Gasteiger partial charge in [-0.05, 0) is 71.5 Å². The monoisotopic (exact) mass is 382 g/mol. The Kier molecular flexibility index (Phi) is 5.65. The van der Waals surface area contributed by atoms with Gasteiger partial charge in [0.2, 0.25) is 0 Å². The number of benzene rings is 2. The minimum Gasteiger partial charge on any atom is -0.388 e. The van der Waals surface area contributed by atoms with Crippen LogP contribution in [0.1, 0.15) is 36.1 Å². The van der Waals surface area contributed by atoms with Crippen molar-refractivity contribution in [3.8, 4) is 11.1 Å². The molecular formula is C27H30N2. The zero-order valence-electron chi connectivity index (χ0n) is 17.9. The lowest BCUT2D eigenvalue weighted by molar-refractivity contribution is 0.696. The van der Waals surface area contributed by atoms with E-state index in [2.05, 4.69) is 80.6 Å². The summed E-state index contributed by atoms with van der Waals surface area (Å²) in [6.07, 6.45) is 7.62. The number of hydrogen-bond donors (Lipinski definition) is 2. The Morgan fingerprint density at radius 3 is 1.55 bits per heavy atom. The predicted octanol–water partition coefficient (Wildman–Crippen LogP) is 6.04. The highest BCUT2D eigenvalue weighted by Crippen LogP contribution is 2.53. The molecule has 29 heavy (non-hydrogen) atoms. The van der Waals surface area contributed by atoms with Gasteiger partial charge in [0.1, 0.15) is 0 Å². The number of rotatable bonds is 7. The number of hydrogen-bond acceptors (Lipinski definition) is 2. The van der Waals surface area contributed by atoms with Crippen LogP contribution in [-0.2, 0) is 5.41 Å². The van der Waals surface area contributed by atoms with E-state index in [9.17, 15) is 0 Å². The number of allylic oxidation sites excluding steroid dienone is 5. The van der Waals surface area contributed by atoms with Gasteiger partial charge in [0.15, 0.2) is 0 Å². The SMILES string of the molecule is C=C/C=C(\NC)c1ccc2c(c1)C(C)(C(=C)C)c1cc(/C(=C/C=C)NC)ccc1-2. The summed E-state index contributed by atoms with van der Waals surface area (Å²) in [6.45, 7) is 16.4. The molecule has 2 aromatic rings. The molecule has 0 fully saturated rings. The molecule has 0 amide bonds. The third-order valence-electron chi connectivity index (χ3n) is 5.99. The van der Waals surface area contributed by atoms with Crippen LogP contribution in [0, 0.1) is 0 Å². The first kappa shape index (κ1) is 20.5. The highest BCUT2D eigenvalue weighted by Gasteiger charge is 2.40. The number of nitrogens with one attached hydrogen (secondary N) is 2. The zero-order chi connectivity index (χ0) is 21.2. The lowest BCUT2D eigenvalue weighted by atomic mass is 9.74. The molecule has 2 nitrogen and oxygen atoms in total. The molecular weight excluding hydrogens is 352 g/mol. The van der Waals surface area contributed by atoms with Crippen LogP contribution in [0.2, 0.25) is 0 Å². The van der Waals surface area contributed by atoms with Crippen molar-refractivity contribution in [2.75, 3.05) is 14.1 Å². The van der Waals surface area contributed by atoms with Crippen molar-refractivity contribution in [2.45, 2.75) is 19.3 Å². The standard InChI is InChI=1S/C27H30N2/c1-8-10-25(28-6)19-12-14-21-22-15-13-20(26(29-7)11-9-2)17-24(22)27(5,18(3)4)23(21)16-19/h8-17,28-29H,1-3H2,4-7H3/b25-10-,26-11-. The molecule has 0 unspecified atom stereocenters. The zero-order valence-corrected chi connectivity index (χ0v) is 17.9. The van der Waals surface area contributed by atoms with E-state index in [0.717, 1.165) is 28.1 Å². The second-order valence-corrected chi connectivity index (χ2v) is 7.56. The molecule has 0 aliphatic heterocycles. The van der Waals surface area contributed by atoms with E-state index < -0.39 is 0 Å². The first-order valence-corrected chi connectivity index (χ1v) is 9.89. The summed E-state index contributed by atoms with van der Waals surface area (Å²) in [6, 6.07) is 13.4. The predicted molar refractivity (Wildman–Crippen MR) is 128 cm³/mol. The Balaban J connectivity index is 2.26. The molecule has 0 saturated heterocycles. The van der Waals surface area contributed by atoms with Gasteiger partial charge in [0.05, 0.1) is 0 Å². The van der Waals surface area contributed by atoms with Crippen LogP contribution < -0.4 is 10.6 Å². The van der Waals surface area contributed by atoms with Gasteiger partial charge in [0.25, 0.3) is 0 Å². The van der Waals surface area contributed by atoms with Crippen molar-refractivity contribution in [1.29, 1.82) is 0 Å². The van der Waals surface area contributed by atoms with Gasteiger partial charge in [-0.25, -0.2) is 0 Å². The van der Waals surface area contributed by atoms with Crippen LogP contribution in [0.15, 0.2) is 86.0 Å². The van der Waals surface area contributed by atoms with Gasteiger partial charge >= 0.3 is 0 Å². The second kappa shape index (κ2) is 8.00. The quantitative estimate of drug-likeness (QED) is 0.450. The average Bonchev–Trinajstić information content (AvgIpc) is 2.99. The molecule has 0 spiro atoms. The summed E-state index contributed by atoms with van der Waals surface area (Å²) in [5.41, 5.74) is 10.4. The molecule has 2 aromatic carbocycles. The second-order valence-electron chi connectivity index (χ2n) is 7.56. The van der Waals surface area contributed by atoms with Gasteiger partial charge in [-0.1, -0.05) is 61.7 Å². The van der Waals surface area contributed by atoms with Gasteiger partial charge in [-0.2, -0.15) is 0 Å². The topological polar surface area (TPSA) is 24.1 Å². The van der Waals surface area contributed by atoms with E-state index >= 15 is 0 Å². The first-order chi connectivity index (χ1) is 13.9. The van der Waals surface area contributed by atoms with Gasteiger partial charge in [0, 0.05) is 30.9 Å². The van der Waals surface area contributed by atoms with E-state index in [4.69, 9.17) is 0 Å².